The largest absolute Gasteiger partial charge is 0.184 e. The van der Waals surface area contributed by atoms with Crippen LogP contribution in [-0.2, 0) is 23.3 Å². The summed E-state index contributed by atoms with van der Waals surface area (Å²) in [5.41, 5.74) is 1.35. The van der Waals surface area contributed by atoms with E-state index in [0.717, 1.165) is 0 Å². The van der Waals surface area contributed by atoms with E-state index in [2.05, 4.69) is 117 Å². The smallest absolute Gasteiger partial charge is 0.0771 e. The van der Waals surface area contributed by atoms with E-state index in [1.807, 2.05) is 60.7 Å². The Morgan fingerprint density at radius 1 is 0.514 bits per heavy atom. The van der Waals surface area contributed by atoms with Crippen LogP contribution in [0.2, 0.25) is 0 Å². The molecule has 7 aromatic carbocycles. The number of benzene rings is 5. The van der Waals surface area contributed by atoms with E-state index < -0.39 is 0 Å². The van der Waals surface area contributed by atoms with Gasteiger partial charge in [-0.2, -0.15) is 78.9 Å². The van der Waals surface area contributed by atoms with E-state index in [0.29, 0.717) is 0 Å². The predicted molar refractivity (Wildman–Crippen MR) is 158 cm³/mol. The number of fused-ring (bicyclic) bond motifs is 4. The summed E-state index contributed by atoms with van der Waals surface area (Å²) in [6.45, 7) is 5.19. The predicted octanol–water partition coefficient (Wildman–Crippen LogP) is 9.17. The zero-order chi connectivity index (χ0) is 26.1. The maximum Gasteiger partial charge on any atom is -0.0771 e. The molecule has 2 radical (unpaired) electrons. The fraction of sp³-hybridized carbons (Fsp3) is 0.0286. The number of aryl methyl sites for hydroxylation is 1. The van der Waals surface area contributed by atoms with Gasteiger partial charge in [-0.3, -0.25) is 0 Å². The first kappa shape index (κ1) is 28.3. The van der Waals surface area contributed by atoms with Crippen LogP contribution in [0.5, 0.6) is 0 Å². The third-order valence-corrected chi connectivity index (χ3v) is 5.50. The van der Waals surface area contributed by atoms with Crippen molar-refractivity contribution in [3.8, 4) is 0 Å². The molecule has 0 bridgehead atoms. The van der Waals surface area contributed by atoms with Gasteiger partial charge in [0.2, 0.25) is 0 Å². The molecule has 2 heteroatoms. The average molecular weight is 568 g/mol. The summed E-state index contributed by atoms with van der Waals surface area (Å²) >= 11 is 1.36. The van der Waals surface area contributed by atoms with Gasteiger partial charge in [0, 0.05) is 0 Å². The summed E-state index contributed by atoms with van der Waals surface area (Å²) in [5, 5.41) is 8.09. The molecule has 37 heavy (non-hydrogen) atoms. The summed E-state index contributed by atoms with van der Waals surface area (Å²) in [6, 6.07) is 57.1. The van der Waals surface area contributed by atoms with Crippen LogP contribution >= 0.6 is 0 Å². The summed E-state index contributed by atoms with van der Waals surface area (Å²) in [7, 11) is 0. The van der Waals surface area contributed by atoms with Crippen molar-refractivity contribution in [3.63, 3.8) is 0 Å². The Hall–Kier alpha value is -3.32. The van der Waals surface area contributed by atoms with Gasteiger partial charge in [-0.25, -0.2) is 0 Å². The first-order valence-corrected chi connectivity index (χ1v) is 16.2. The van der Waals surface area contributed by atoms with Crippen LogP contribution in [0.25, 0.3) is 32.3 Å². The van der Waals surface area contributed by atoms with Gasteiger partial charge in [-0.1, -0.05) is 49.4 Å². The van der Waals surface area contributed by atoms with Crippen molar-refractivity contribution in [2.24, 2.45) is 0 Å². The normalized spacial score (nSPS) is 9.41. The molecular formula is C35H28SiZr-4. The van der Waals surface area contributed by atoms with Crippen LogP contribution in [0.15, 0.2) is 152 Å². The minimum Gasteiger partial charge on any atom is -0.184 e. The zero-order valence-electron chi connectivity index (χ0n) is 20.9. The maximum absolute atomic E-state index is 3.06. The Labute approximate surface area is 237 Å². The summed E-state index contributed by atoms with van der Waals surface area (Å²) in [5.74, 6) is 0. The summed E-state index contributed by atoms with van der Waals surface area (Å²) < 4.78 is 0. The van der Waals surface area contributed by atoms with E-state index in [1.165, 1.54) is 61.2 Å². The van der Waals surface area contributed by atoms with Gasteiger partial charge < -0.3 is 0 Å². The van der Waals surface area contributed by atoms with Gasteiger partial charge >= 0.3 is 30.2 Å². The molecule has 0 aliphatic carbocycles. The van der Waals surface area contributed by atoms with Gasteiger partial charge in [-0.15, -0.1) is 80.3 Å². The van der Waals surface area contributed by atoms with E-state index >= 15 is 0 Å². The standard InChI is InChI=1S/C13H9.C10H9.2C6H5.Si.Zr/c1-3-7-12-10(5-1)9-11-6-2-4-8-13(11)12;1-8-6-9-4-2-3-5-10(9)7-8;2*1-2-4-6-5-3-1;;/h1-9H;2-7H,1H3;2*1-5H;;/q4*-1;;. The summed E-state index contributed by atoms with van der Waals surface area (Å²) in [6.07, 6.45) is 0. The number of hydrogen-bond donors (Lipinski definition) is 0. The van der Waals surface area contributed by atoms with E-state index in [4.69, 9.17) is 0 Å². The van der Waals surface area contributed by atoms with Crippen LogP contribution in [0, 0.1) is 19.1 Å². The van der Waals surface area contributed by atoms with Crippen molar-refractivity contribution in [3.05, 3.63) is 169 Å². The van der Waals surface area contributed by atoms with Gasteiger partial charge in [0.25, 0.3) is 0 Å². The number of rotatable bonds is 0. The SMILES string of the molecule is Cc1cc2ccccc2[cH-]1.[Si]=[Zr].[c-]1ccccc1.[c-]1ccccc1.c1ccc2c(c1)[cH-]c1ccccc12. The van der Waals surface area contributed by atoms with Crippen LogP contribution in [0.3, 0.4) is 0 Å². The van der Waals surface area contributed by atoms with Crippen molar-refractivity contribution >= 4 is 39.2 Å². The minimum atomic E-state index is 1.34. The van der Waals surface area contributed by atoms with Gasteiger partial charge in [0.1, 0.15) is 0 Å². The third kappa shape index (κ3) is 9.25. The molecule has 0 spiro atoms. The van der Waals surface area contributed by atoms with E-state index in [-0.39, 0.29) is 0 Å². The average Bonchev–Trinajstić information content (AvgIpc) is 3.56. The molecule has 0 saturated carbocycles. The molecule has 0 atom stereocenters. The van der Waals surface area contributed by atoms with Crippen LogP contribution in [0.4, 0.5) is 0 Å². The van der Waals surface area contributed by atoms with Crippen molar-refractivity contribution < 1.29 is 23.3 Å². The van der Waals surface area contributed by atoms with Crippen molar-refractivity contribution in [2.75, 3.05) is 0 Å². The molecule has 7 aromatic rings. The molecule has 180 valence electrons. The first-order valence-electron chi connectivity index (χ1n) is 12.0. The Kier molecular flexibility index (Phi) is 12.5. The Morgan fingerprint density at radius 2 is 0.946 bits per heavy atom. The molecule has 0 heterocycles. The number of hydrogen-bond acceptors (Lipinski definition) is 0. The monoisotopic (exact) mass is 566 g/mol. The van der Waals surface area contributed by atoms with Crippen LogP contribution in [0.1, 0.15) is 5.56 Å². The second-order valence-corrected chi connectivity index (χ2v) is 8.14. The molecular weight excluding hydrogens is 540 g/mol. The molecule has 0 aliphatic rings. The topological polar surface area (TPSA) is 0 Å². The van der Waals surface area contributed by atoms with Crippen LogP contribution < -0.4 is 0 Å². The summed E-state index contributed by atoms with van der Waals surface area (Å²) in [4.78, 5) is 0. The fourth-order valence-corrected chi connectivity index (χ4v) is 3.89. The van der Waals surface area contributed by atoms with Crippen LogP contribution in [-0.4, -0.2) is 6.88 Å². The molecule has 0 N–H and O–H groups in total. The molecule has 0 nitrogen and oxygen atoms in total. The second kappa shape index (κ2) is 16.4. The Balaban J connectivity index is 0.000000141. The second-order valence-electron chi connectivity index (χ2n) is 8.14. The van der Waals surface area contributed by atoms with Gasteiger partial charge in [0.05, 0.1) is 0 Å². The first-order chi connectivity index (χ1) is 18.3. The van der Waals surface area contributed by atoms with E-state index in [9.17, 15) is 0 Å². The van der Waals surface area contributed by atoms with Gasteiger partial charge in [0.15, 0.2) is 0 Å². The zero-order valence-corrected chi connectivity index (χ0v) is 24.4. The van der Waals surface area contributed by atoms with Crippen molar-refractivity contribution in [2.45, 2.75) is 6.92 Å². The molecule has 0 aliphatic heterocycles. The molecule has 7 rings (SSSR count). The van der Waals surface area contributed by atoms with Crippen molar-refractivity contribution in [1.29, 1.82) is 0 Å². The third-order valence-electron chi connectivity index (χ3n) is 5.50. The Morgan fingerprint density at radius 3 is 1.35 bits per heavy atom. The minimum absolute atomic E-state index is 1.34. The molecule has 0 unspecified atom stereocenters. The molecule has 0 aromatic heterocycles. The quantitative estimate of drug-likeness (QED) is 0.127. The van der Waals surface area contributed by atoms with E-state index in [1.54, 1.807) is 0 Å². The maximum atomic E-state index is 3.06. The fourth-order valence-electron chi connectivity index (χ4n) is 3.89. The molecule has 0 amide bonds. The molecule has 0 fully saturated rings. The van der Waals surface area contributed by atoms with Crippen molar-refractivity contribution in [1.82, 2.24) is 0 Å². The molecule has 0 saturated heterocycles. The Bertz CT molecular complexity index is 1390. The van der Waals surface area contributed by atoms with Gasteiger partial charge in [-0.05, 0) is 0 Å².